The number of nitrogens with one attached hydrogen (secondary N) is 3. The number of carboxylic acid groups (broad SMARTS) is 1. The molecule has 10 N–H and O–H groups in total. The summed E-state index contributed by atoms with van der Waals surface area (Å²) in [6.45, 7) is 4.72. The molecule has 206 valence electrons. The summed E-state index contributed by atoms with van der Waals surface area (Å²) < 4.78 is 0. The van der Waals surface area contributed by atoms with Gasteiger partial charge < -0.3 is 42.7 Å². The third kappa shape index (κ3) is 10.4. The van der Waals surface area contributed by atoms with Crippen molar-refractivity contribution in [3.8, 4) is 5.75 Å². The van der Waals surface area contributed by atoms with E-state index in [9.17, 15) is 39.3 Å². The summed E-state index contributed by atoms with van der Waals surface area (Å²) in [5, 5.41) is 36.3. The molecular formula is C24H37N5O8. The maximum atomic E-state index is 13.1. The van der Waals surface area contributed by atoms with E-state index in [1.54, 1.807) is 13.8 Å². The first-order valence-electron chi connectivity index (χ1n) is 11.9. The first-order chi connectivity index (χ1) is 17.3. The summed E-state index contributed by atoms with van der Waals surface area (Å²) in [4.78, 5) is 61.1. The summed E-state index contributed by atoms with van der Waals surface area (Å²) in [5.41, 5.74) is 11.4. The van der Waals surface area contributed by atoms with Crippen LogP contribution in [0.2, 0.25) is 0 Å². The van der Waals surface area contributed by atoms with Crippen molar-refractivity contribution in [2.24, 2.45) is 17.4 Å². The van der Waals surface area contributed by atoms with E-state index in [1.165, 1.54) is 31.2 Å². The quantitative estimate of drug-likeness (QED) is 0.133. The smallest absolute Gasteiger partial charge is 0.326 e. The van der Waals surface area contributed by atoms with E-state index >= 15 is 0 Å². The van der Waals surface area contributed by atoms with Gasteiger partial charge in [0.05, 0.1) is 12.1 Å². The van der Waals surface area contributed by atoms with E-state index in [2.05, 4.69) is 16.0 Å². The predicted molar refractivity (Wildman–Crippen MR) is 133 cm³/mol. The highest BCUT2D eigenvalue weighted by Crippen LogP contribution is 2.13. The first kappa shape index (κ1) is 31.3. The summed E-state index contributed by atoms with van der Waals surface area (Å²) in [7, 11) is 0. The molecule has 13 nitrogen and oxygen atoms in total. The lowest BCUT2D eigenvalue weighted by Gasteiger charge is -2.29. The standard InChI is InChI=1S/C24H37N5O8/c1-4-12(2)19(28-21(33)16(25)9-10-18(26)32)22(34)29-20(13(3)30)23(35)27-17(24(36)37)11-14-5-7-15(31)8-6-14/h5-8,12-13,16-17,19-20,30-31H,4,9-11,25H2,1-3H3,(H2,26,32)(H,27,35)(H,28,33)(H,29,34)(H,36,37). The van der Waals surface area contributed by atoms with Crippen LogP contribution in [0.15, 0.2) is 24.3 Å². The number of nitrogens with two attached hydrogens (primary N) is 2. The lowest BCUT2D eigenvalue weighted by Crippen LogP contribution is -2.61. The molecule has 1 aromatic rings. The Morgan fingerprint density at radius 2 is 1.46 bits per heavy atom. The van der Waals surface area contributed by atoms with Crippen LogP contribution in [0.4, 0.5) is 0 Å². The Kier molecular flexibility index (Phi) is 12.5. The van der Waals surface area contributed by atoms with Crippen molar-refractivity contribution in [1.82, 2.24) is 16.0 Å². The number of carbonyl (C=O) groups is 5. The van der Waals surface area contributed by atoms with E-state index in [1.807, 2.05) is 0 Å². The Hall–Kier alpha value is -3.71. The molecule has 1 aromatic carbocycles. The second kappa shape index (κ2) is 14.8. The molecule has 0 aromatic heterocycles. The van der Waals surface area contributed by atoms with Gasteiger partial charge in [-0.15, -0.1) is 0 Å². The lowest BCUT2D eigenvalue weighted by atomic mass is 9.96. The average molecular weight is 524 g/mol. The Morgan fingerprint density at radius 1 is 0.919 bits per heavy atom. The van der Waals surface area contributed by atoms with Gasteiger partial charge in [0.25, 0.3) is 0 Å². The van der Waals surface area contributed by atoms with Crippen LogP contribution in [0.3, 0.4) is 0 Å². The Morgan fingerprint density at radius 3 is 1.95 bits per heavy atom. The average Bonchev–Trinajstić information content (AvgIpc) is 2.83. The number of phenolic OH excluding ortho intramolecular Hbond substituents is 1. The van der Waals surface area contributed by atoms with Crippen molar-refractivity contribution < 1.29 is 39.3 Å². The second-order valence-corrected chi connectivity index (χ2v) is 8.98. The topological polar surface area (TPSA) is 234 Å². The molecule has 0 bridgehead atoms. The fourth-order valence-electron chi connectivity index (χ4n) is 3.37. The van der Waals surface area contributed by atoms with E-state index < -0.39 is 65.8 Å². The fourth-order valence-corrected chi connectivity index (χ4v) is 3.37. The zero-order valence-electron chi connectivity index (χ0n) is 21.1. The second-order valence-electron chi connectivity index (χ2n) is 8.98. The normalized spacial score (nSPS) is 15.8. The van der Waals surface area contributed by atoms with Gasteiger partial charge in [0.15, 0.2) is 0 Å². The molecule has 0 radical (unpaired) electrons. The van der Waals surface area contributed by atoms with Gasteiger partial charge in [0.2, 0.25) is 23.6 Å². The van der Waals surface area contributed by atoms with E-state index in [-0.39, 0.29) is 25.0 Å². The van der Waals surface area contributed by atoms with Gasteiger partial charge in [-0.1, -0.05) is 32.4 Å². The minimum Gasteiger partial charge on any atom is -0.508 e. The molecule has 0 aliphatic carbocycles. The highest BCUT2D eigenvalue weighted by molar-refractivity contribution is 5.94. The van der Waals surface area contributed by atoms with E-state index in [0.29, 0.717) is 12.0 Å². The number of aliphatic carboxylic acids is 1. The van der Waals surface area contributed by atoms with Gasteiger partial charge in [-0.25, -0.2) is 4.79 Å². The van der Waals surface area contributed by atoms with Crippen LogP contribution >= 0.6 is 0 Å². The highest BCUT2D eigenvalue weighted by Gasteiger charge is 2.34. The maximum Gasteiger partial charge on any atom is 0.326 e. The highest BCUT2D eigenvalue weighted by atomic mass is 16.4. The minimum absolute atomic E-state index is 0.00618. The molecular weight excluding hydrogens is 486 g/mol. The number of aliphatic hydroxyl groups is 1. The van der Waals surface area contributed by atoms with E-state index in [4.69, 9.17) is 11.5 Å². The van der Waals surface area contributed by atoms with Crippen molar-refractivity contribution in [1.29, 1.82) is 0 Å². The van der Waals surface area contributed by atoms with Crippen LogP contribution in [0.5, 0.6) is 5.75 Å². The predicted octanol–water partition coefficient (Wildman–Crippen LogP) is -1.51. The summed E-state index contributed by atoms with van der Waals surface area (Å²) in [6.07, 6.45) is -1.19. The van der Waals surface area contributed by atoms with Crippen LogP contribution in [0.1, 0.15) is 45.6 Å². The van der Waals surface area contributed by atoms with Crippen LogP contribution in [0, 0.1) is 5.92 Å². The Bertz CT molecular complexity index is 953. The first-order valence-corrected chi connectivity index (χ1v) is 11.9. The molecule has 0 aliphatic rings. The summed E-state index contributed by atoms with van der Waals surface area (Å²) in [6, 6.07) is 0.607. The molecule has 6 atom stereocenters. The molecule has 0 saturated carbocycles. The number of primary amides is 1. The van der Waals surface area contributed by atoms with Crippen LogP contribution in [-0.2, 0) is 30.4 Å². The molecule has 6 unspecified atom stereocenters. The lowest BCUT2D eigenvalue weighted by molar-refractivity contribution is -0.143. The van der Waals surface area contributed by atoms with Gasteiger partial charge in [0, 0.05) is 12.8 Å². The van der Waals surface area contributed by atoms with Crippen molar-refractivity contribution in [3.63, 3.8) is 0 Å². The van der Waals surface area contributed by atoms with Gasteiger partial charge in [0.1, 0.15) is 23.9 Å². The maximum absolute atomic E-state index is 13.1. The number of aromatic hydroxyl groups is 1. The zero-order chi connectivity index (χ0) is 28.3. The number of aliphatic hydroxyl groups excluding tert-OH is 1. The largest absolute Gasteiger partial charge is 0.508 e. The number of hydrogen-bond acceptors (Lipinski definition) is 8. The molecule has 0 aliphatic heterocycles. The third-order valence-electron chi connectivity index (χ3n) is 5.89. The number of amides is 4. The number of benzene rings is 1. The van der Waals surface area contributed by atoms with Crippen molar-refractivity contribution in [2.75, 3.05) is 0 Å². The van der Waals surface area contributed by atoms with Crippen molar-refractivity contribution >= 4 is 29.6 Å². The number of carbonyl (C=O) groups excluding carboxylic acids is 4. The SMILES string of the molecule is CCC(C)C(NC(=O)C(N)CCC(N)=O)C(=O)NC(C(=O)NC(Cc1ccc(O)cc1)C(=O)O)C(C)O. The molecule has 13 heteroatoms. The molecule has 4 amide bonds. The van der Waals surface area contributed by atoms with Crippen molar-refractivity contribution in [3.05, 3.63) is 29.8 Å². The zero-order valence-corrected chi connectivity index (χ0v) is 21.1. The number of rotatable bonds is 15. The van der Waals surface area contributed by atoms with Gasteiger partial charge in [-0.05, 0) is 37.0 Å². The Balaban J connectivity index is 2.97. The molecule has 0 fully saturated rings. The van der Waals surface area contributed by atoms with Crippen LogP contribution in [-0.4, -0.2) is 75.2 Å². The minimum atomic E-state index is -1.53. The summed E-state index contributed by atoms with van der Waals surface area (Å²) >= 11 is 0. The van der Waals surface area contributed by atoms with Gasteiger partial charge in [-0.3, -0.25) is 19.2 Å². The van der Waals surface area contributed by atoms with Crippen molar-refractivity contribution in [2.45, 2.75) is 76.7 Å². The summed E-state index contributed by atoms with van der Waals surface area (Å²) in [5.74, 6) is -4.79. The molecule has 37 heavy (non-hydrogen) atoms. The fraction of sp³-hybridized carbons (Fsp3) is 0.542. The molecule has 0 spiro atoms. The third-order valence-corrected chi connectivity index (χ3v) is 5.89. The monoisotopic (exact) mass is 523 g/mol. The van der Waals surface area contributed by atoms with Gasteiger partial charge >= 0.3 is 5.97 Å². The number of carboxylic acids is 1. The van der Waals surface area contributed by atoms with Gasteiger partial charge in [-0.2, -0.15) is 0 Å². The molecule has 1 rings (SSSR count). The Labute approximate surface area is 215 Å². The number of phenols is 1. The number of hydrogen-bond donors (Lipinski definition) is 8. The van der Waals surface area contributed by atoms with Crippen LogP contribution in [0.25, 0.3) is 0 Å². The molecule has 0 saturated heterocycles. The van der Waals surface area contributed by atoms with E-state index in [0.717, 1.165) is 0 Å². The van der Waals surface area contributed by atoms with Crippen LogP contribution < -0.4 is 27.4 Å². The molecule has 0 heterocycles.